The number of benzene rings is 2. The lowest BCUT2D eigenvalue weighted by atomic mass is 9.88. The van der Waals surface area contributed by atoms with Gasteiger partial charge in [0.1, 0.15) is 17.5 Å². The molecule has 6 aromatic rings. The van der Waals surface area contributed by atoms with Gasteiger partial charge in [-0.3, -0.25) is 34.1 Å². The number of pyridine rings is 2. The quantitative estimate of drug-likeness (QED) is 0.162. The van der Waals surface area contributed by atoms with E-state index in [2.05, 4.69) is 67.8 Å². The summed E-state index contributed by atoms with van der Waals surface area (Å²) < 4.78 is 9.16. The largest absolute Gasteiger partial charge is 0.420 e. The zero-order chi connectivity index (χ0) is 44.8. The Balaban J connectivity index is 0.666. The number of nitrogen functional groups attached to an aromatic ring is 1. The average molecular weight is 879 g/mol. The number of hydrogen-bond acceptors (Lipinski definition) is 11. The fourth-order valence-electron chi connectivity index (χ4n) is 10.8. The van der Waals surface area contributed by atoms with Crippen LogP contribution in [-0.2, 0) is 23.2 Å². The smallest absolute Gasteiger partial charge is 0.408 e. The number of likely N-dealkylation sites (tertiary alicyclic amines) is 2. The molecule has 0 bridgehead atoms. The van der Waals surface area contributed by atoms with Crippen LogP contribution in [-0.4, -0.2) is 115 Å². The van der Waals surface area contributed by atoms with Crippen molar-refractivity contribution in [1.82, 2.24) is 44.0 Å². The predicted molar refractivity (Wildman–Crippen MR) is 249 cm³/mol. The van der Waals surface area contributed by atoms with Gasteiger partial charge in [-0.2, -0.15) is 0 Å². The van der Waals surface area contributed by atoms with Gasteiger partial charge in [0.2, 0.25) is 11.8 Å². The fourth-order valence-corrected chi connectivity index (χ4v) is 10.8. The minimum atomic E-state index is -0.750. The number of oxazole rings is 1. The van der Waals surface area contributed by atoms with Gasteiger partial charge in [0, 0.05) is 106 Å². The number of fused-ring (bicyclic) bond motifs is 2. The van der Waals surface area contributed by atoms with E-state index < -0.39 is 17.7 Å². The molecule has 8 heterocycles. The normalized spacial score (nSPS) is 20.5. The Labute approximate surface area is 378 Å². The van der Waals surface area contributed by atoms with E-state index in [0.29, 0.717) is 28.8 Å². The van der Waals surface area contributed by atoms with Gasteiger partial charge in [-0.25, -0.2) is 14.8 Å². The van der Waals surface area contributed by atoms with Gasteiger partial charge in [0.15, 0.2) is 5.58 Å². The van der Waals surface area contributed by atoms with Gasteiger partial charge >= 0.3 is 5.76 Å². The first-order valence-corrected chi connectivity index (χ1v) is 23.3. The van der Waals surface area contributed by atoms with E-state index in [0.717, 1.165) is 124 Å². The maximum absolute atomic E-state index is 13.7. The standard InChI is InChI=1S/C50H58N10O5/c1-32(43-28-40-39(13-18-52-47(40)55(43)2)38-8-11-45(51)53-29-38)58-21-16-36(17-22-58)35-4-6-37(7-5-35)49(63)59-19-14-33(15-20-59)30-56-23-25-57(26-24-56)31-34-3-9-41-44(27-34)65-50(64)60(41)42-10-12-46(61)54-48(42)62/h3-9,11,13,18,27-29,32-33,36,42H,10,12,14-17,19-26,30-31H2,1-2H3,(H2,51,53)(H,54,61,62)/t32-,42?/m0/s1. The topological polar surface area (TPSA) is 168 Å². The average Bonchev–Trinajstić information content (AvgIpc) is 3.84. The summed E-state index contributed by atoms with van der Waals surface area (Å²) in [5.41, 5.74) is 14.4. The third-order valence-corrected chi connectivity index (χ3v) is 14.7. The number of anilines is 1. The highest BCUT2D eigenvalue weighted by Gasteiger charge is 2.32. The molecule has 65 heavy (non-hydrogen) atoms. The van der Waals surface area contributed by atoms with Crippen LogP contribution in [0.3, 0.4) is 0 Å². The molecular formula is C50H58N10O5. The number of rotatable bonds is 10. The number of piperidine rings is 3. The molecule has 0 aliphatic carbocycles. The van der Waals surface area contributed by atoms with Crippen molar-refractivity contribution in [3.63, 3.8) is 0 Å². The monoisotopic (exact) mass is 878 g/mol. The highest BCUT2D eigenvalue weighted by Crippen LogP contribution is 2.36. The van der Waals surface area contributed by atoms with Crippen molar-refractivity contribution in [3.05, 3.63) is 112 Å². The first-order valence-electron chi connectivity index (χ1n) is 23.3. The van der Waals surface area contributed by atoms with Crippen molar-refractivity contribution in [2.45, 2.75) is 70.0 Å². The van der Waals surface area contributed by atoms with Gasteiger partial charge in [0.05, 0.1) is 5.52 Å². The molecule has 0 saturated carbocycles. The predicted octanol–water partition coefficient (Wildman–Crippen LogP) is 5.71. The summed E-state index contributed by atoms with van der Waals surface area (Å²) in [6.45, 7) is 11.5. The SMILES string of the molecule is C[C@@H](c1cc2c(-c3ccc(N)nc3)ccnc2n1C)N1CCC(c2ccc(C(=O)N3CCC(CN4CCN(Cc5ccc6c(c5)oc(=O)n6C5CCC(=O)NC5=O)CC4)CC3)cc2)CC1. The Kier molecular flexibility index (Phi) is 11.9. The number of piperazine rings is 1. The molecule has 2 atom stereocenters. The van der Waals surface area contributed by atoms with Gasteiger partial charge in [-0.15, -0.1) is 0 Å². The summed E-state index contributed by atoms with van der Waals surface area (Å²) in [7, 11) is 2.11. The molecule has 4 aliphatic rings. The summed E-state index contributed by atoms with van der Waals surface area (Å²) in [5, 5.41) is 3.45. The molecule has 0 spiro atoms. The fraction of sp³-hybridized carbons (Fsp3) is 0.440. The second-order valence-electron chi connectivity index (χ2n) is 18.6. The van der Waals surface area contributed by atoms with Crippen LogP contribution in [0, 0.1) is 5.92 Å². The Morgan fingerprint density at radius 3 is 2.32 bits per heavy atom. The Morgan fingerprint density at radius 1 is 0.846 bits per heavy atom. The lowest BCUT2D eigenvalue weighted by Crippen LogP contribution is -2.48. The van der Waals surface area contributed by atoms with E-state index in [-0.39, 0.29) is 30.7 Å². The summed E-state index contributed by atoms with van der Waals surface area (Å²) >= 11 is 0. The second kappa shape index (κ2) is 18.0. The van der Waals surface area contributed by atoms with E-state index in [4.69, 9.17) is 15.1 Å². The van der Waals surface area contributed by atoms with Gasteiger partial charge in [-0.1, -0.05) is 18.2 Å². The third kappa shape index (κ3) is 8.72. The molecular weight excluding hydrogens is 821 g/mol. The van der Waals surface area contributed by atoms with Gasteiger partial charge in [0.25, 0.3) is 5.91 Å². The molecule has 15 nitrogen and oxygen atoms in total. The Hall–Kier alpha value is -6.16. The number of carbonyl (C=O) groups is 3. The number of aryl methyl sites for hydroxylation is 1. The molecule has 2 aromatic carbocycles. The minimum Gasteiger partial charge on any atom is -0.408 e. The van der Waals surface area contributed by atoms with E-state index in [9.17, 15) is 19.2 Å². The van der Waals surface area contributed by atoms with E-state index in [1.165, 1.54) is 15.8 Å². The van der Waals surface area contributed by atoms with Crippen molar-refractivity contribution in [2.75, 3.05) is 64.6 Å². The number of imide groups is 1. The van der Waals surface area contributed by atoms with Crippen LogP contribution in [0.2, 0.25) is 0 Å². The van der Waals surface area contributed by atoms with Crippen LogP contribution in [0.15, 0.2) is 88.3 Å². The van der Waals surface area contributed by atoms with Crippen molar-refractivity contribution in [2.24, 2.45) is 13.0 Å². The Morgan fingerprint density at radius 2 is 1.60 bits per heavy atom. The highest BCUT2D eigenvalue weighted by molar-refractivity contribution is 6.00. The van der Waals surface area contributed by atoms with Crippen LogP contribution < -0.4 is 16.8 Å². The molecule has 3 amide bonds. The molecule has 10 rings (SSSR count). The minimum absolute atomic E-state index is 0.137. The van der Waals surface area contributed by atoms with Crippen LogP contribution in [0.4, 0.5) is 5.82 Å². The first-order chi connectivity index (χ1) is 31.6. The maximum atomic E-state index is 13.7. The van der Waals surface area contributed by atoms with Crippen LogP contribution in [0.1, 0.15) is 90.6 Å². The van der Waals surface area contributed by atoms with Crippen LogP contribution in [0.25, 0.3) is 33.3 Å². The van der Waals surface area contributed by atoms with Gasteiger partial charge < -0.3 is 24.5 Å². The molecule has 3 N–H and O–H groups in total. The highest BCUT2D eigenvalue weighted by atomic mass is 16.4. The Bertz CT molecular complexity index is 2770. The van der Waals surface area contributed by atoms with E-state index in [1.54, 1.807) is 0 Å². The zero-order valence-electron chi connectivity index (χ0n) is 37.3. The van der Waals surface area contributed by atoms with Gasteiger partial charge in [-0.05, 0) is 129 Å². The molecule has 338 valence electrons. The van der Waals surface area contributed by atoms with Crippen LogP contribution in [0.5, 0.6) is 0 Å². The lowest BCUT2D eigenvalue weighted by Gasteiger charge is -2.39. The molecule has 15 heteroatoms. The lowest BCUT2D eigenvalue weighted by molar-refractivity contribution is -0.135. The zero-order valence-corrected chi connectivity index (χ0v) is 37.3. The van der Waals surface area contributed by atoms with Crippen molar-refractivity contribution >= 4 is 45.7 Å². The third-order valence-electron chi connectivity index (χ3n) is 14.7. The number of hydrogen-bond donors (Lipinski definition) is 2. The van der Waals surface area contributed by atoms with Crippen molar-refractivity contribution in [3.8, 4) is 11.1 Å². The number of nitrogens with zero attached hydrogens (tertiary/aromatic N) is 8. The van der Waals surface area contributed by atoms with Crippen LogP contribution >= 0.6 is 0 Å². The number of amides is 3. The number of aromatic nitrogens is 4. The molecule has 4 saturated heterocycles. The first kappa shape index (κ1) is 42.8. The summed E-state index contributed by atoms with van der Waals surface area (Å²) in [4.78, 5) is 69.1. The molecule has 4 aliphatic heterocycles. The number of carbonyl (C=O) groups excluding carboxylic acids is 3. The molecule has 0 radical (unpaired) electrons. The summed E-state index contributed by atoms with van der Waals surface area (Å²) in [5.74, 6) is 0.318. The summed E-state index contributed by atoms with van der Waals surface area (Å²) in [6.07, 6.45) is 8.35. The van der Waals surface area contributed by atoms with Crippen molar-refractivity contribution in [1.29, 1.82) is 0 Å². The number of nitrogens with two attached hydrogens (primary N) is 1. The maximum Gasteiger partial charge on any atom is 0.420 e. The summed E-state index contributed by atoms with van der Waals surface area (Å²) in [6, 6.07) is 21.9. The van der Waals surface area contributed by atoms with E-state index in [1.807, 2.05) is 59.8 Å². The van der Waals surface area contributed by atoms with E-state index >= 15 is 0 Å². The molecule has 1 unspecified atom stereocenters. The van der Waals surface area contributed by atoms with Crippen molar-refractivity contribution < 1.29 is 18.8 Å². The number of nitrogens with one attached hydrogen (secondary N) is 1. The molecule has 4 fully saturated rings. The second-order valence-corrected chi connectivity index (χ2v) is 18.6. The molecule has 4 aromatic heterocycles.